The van der Waals surface area contributed by atoms with E-state index in [1.165, 1.54) is 6.08 Å². The van der Waals surface area contributed by atoms with Crippen molar-refractivity contribution in [2.75, 3.05) is 0 Å². The number of aliphatic hydroxyl groups is 1. The lowest BCUT2D eigenvalue weighted by Crippen LogP contribution is -2.57. The van der Waals surface area contributed by atoms with Crippen molar-refractivity contribution in [1.82, 2.24) is 0 Å². The van der Waals surface area contributed by atoms with E-state index < -0.39 is 30.0 Å². The Hall–Kier alpha value is -2.27. The molecule has 0 spiro atoms. The van der Waals surface area contributed by atoms with Crippen LogP contribution < -0.4 is 0 Å². The first-order valence-electron chi connectivity index (χ1n) is 9.90. The molecule has 2 aliphatic rings. The van der Waals surface area contributed by atoms with Crippen molar-refractivity contribution < 1.29 is 24.2 Å². The molecule has 5 nitrogen and oxygen atoms in total. The molecule has 0 aromatic heterocycles. The van der Waals surface area contributed by atoms with Crippen LogP contribution in [0, 0.1) is 29.1 Å². The fourth-order valence-electron chi connectivity index (χ4n) is 5.15. The van der Waals surface area contributed by atoms with E-state index in [-0.39, 0.29) is 23.7 Å². The monoisotopic (exact) mass is 384 g/mol. The summed E-state index contributed by atoms with van der Waals surface area (Å²) in [4.78, 5) is 35.8. The lowest BCUT2D eigenvalue weighted by atomic mass is 9.52. The molecule has 3 rings (SSSR count). The maximum Gasteiger partial charge on any atom is 0.331 e. The fraction of sp³-hybridized carbons (Fsp3) is 0.522. The molecule has 0 bridgehead atoms. The van der Waals surface area contributed by atoms with Crippen LogP contribution in [0.1, 0.15) is 38.7 Å². The normalized spacial score (nSPS) is 34.4. The van der Waals surface area contributed by atoms with Crippen LogP contribution in [0.4, 0.5) is 0 Å². The minimum Gasteiger partial charge on any atom is -0.459 e. The van der Waals surface area contributed by atoms with Gasteiger partial charge in [-0.25, -0.2) is 4.79 Å². The number of carbonyl (C=O) groups excluding carboxylic acids is 3. The first kappa shape index (κ1) is 20.5. The Kier molecular flexibility index (Phi) is 6.14. The number of hydrogen-bond acceptors (Lipinski definition) is 5. The summed E-state index contributed by atoms with van der Waals surface area (Å²) in [7, 11) is 0. The molecule has 1 N–H and O–H groups in total. The highest BCUT2D eigenvalue weighted by molar-refractivity contribution is 5.87. The number of carbonyl (C=O) groups is 3. The first-order valence-corrected chi connectivity index (χ1v) is 9.90. The molecular formula is C23H28O5. The second-order valence-electron chi connectivity index (χ2n) is 8.67. The van der Waals surface area contributed by atoms with Gasteiger partial charge in [0.15, 0.2) is 0 Å². The summed E-state index contributed by atoms with van der Waals surface area (Å²) in [5, 5.41) is 10.7. The van der Waals surface area contributed by atoms with E-state index in [1.807, 2.05) is 30.3 Å². The van der Waals surface area contributed by atoms with E-state index in [9.17, 15) is 19.5 Å². The van der Waals surface area contributed by atoms with Crippen LogP contribution in [0.5, 0.6) is 0 Å². The third-order valence-corrected chi connectivity index (χ3v) is 6.50. The Bertz CT molecular complexity index is 739. The zero-order valence-corrected chi connectivity index (χ0v) is 16.4. The molecule has 1 aromatic carbocycles. The smallest absolute Gasteiger partial charge is 0.331 e. The summed E-state index contributed by atoms with van der Waals surface area (Å²) in [5.41, 5.74) is 0.698. The molecule has 0 amide bonds. The maximum absolute atomic E-state index is 12.4. The molecule has 1 aromatic rings. The molecular weight excluding hydrogens is 356 g/mol. The lowest BCUT2D eigenvalue weighted by molar-refractivity contribution is -0.178. The van der Waals surface area contributed by atoms with Gasteiger partial charge in [-0.2, -0.15) is 0 Å². The third kappa shape index (κ3) is 4.09. The Morgan fingerprint density at radius 1 is 1.18 bits per heavy atom. The van der Waals surface area contributed by atoms with Gasteiger partial charge < -0.3 is 19.4 Å². The minimum absolute atomic E-state index is 0.191. The van der Waals surface area contributed by atoms with Gasteiger partial charge in [0.1, 0.15) is 18.7 Å². The highest BCUT2D eigenvalue weighted by atomic mass is 16.5. The Morgan fingerprint density at radius 3 is 2.54 bits per heavy atom. The van der Waals surface area contributed by atoms with Crippen LogP contribution in [0.3, 0.4) is 0 Å². The molecule has 150 valence electrons. The van der Waals surface area contributed by atoms with E-state index in [0.29, 0.717) is 6.42 Å². The summed E-state index contributed by atoms with van der Waals surface area (Å²) < 4.78 is 5.74. The molecule has 2 fully saturated rings. The number of aliphatic hydroxyl groups excluding tert-OH is 1. The van der Waals surface area contributed by atoms with Gasteiger partial charge in [-0.15, -0.1) is 0 Å². The molecule has 3 unspecified atom stereocenters. The van der Waals surface area contributed by atoms with E-state index in [4.69, 9.17) is 4.74 Å². The predicted octanol–water partition coefficient (Wildman–Crippen LogP) is 3.06. The number of esters is 1. The fourth-order valence-corrected chi connectivity index (χ4v) is 5.15. The van der Waals surface area contributed by atoms with Crippen LogP contribution in [0.15, 0.2) is 36.4 Å². The SMILES string of the molecule is CC1(C)CC[C@@H](OC(=O)/C=C/c2ccccc2)C2C(C=O)C(C=O)C[C@H](O)[C@H]21. The van der Waals surface area contributed by atoms with Gasteiger partial charge in [-0.05, 0) is 42.2 Å². The van der Waals surface area contributed by atoms with Crippen molar-refractivity contribution in [3.63, 3.8) is 0 Å². The summed E-state index contributed by atoms with van der Waals surface area (Å²) in [6.45, 7) is 4.15. The Balaban J connectivity index is 1.81. The quantitative estimate of drug-likeness (QED) is 0.479. The van der Waals surface area contributed by atoms with E-state index in [1.54, 1.807) is 6.08 Å². The number of rotatable bonds is 5. The molecule has 0 radical (unpaired) electrons. The van der Waals surface area contributed by atoms with Crippen LogP contribution in [-0.4, -0.2) is 35.9 Å². The minimum atomic E-state index is -0.687. The summed E-state index contributed by atoms with van der Waals surface area (Å²) in [6, 6.07) is 9.44. The van der Waals surface area contributed by atoms with Gasteiger partial charge >= 0.3 is 5.97 Å². The zero-order chi connectivity index (χ0) is 20.3. The second kappa shape index (κ2) is 8.39. The topological polar surface area (TPSA) is 80.7 Å². The lowest BCUT2D eigenvalue weighted by Gasteiger charge is -2.54. The van der Waals surface area contributed by atoms with Gasteiger partial charge in [-0.3, -0.25) is 0 Å². The van der Waals surface area contributed by atoms with Gasteiger partial charge in [0.25, 0.3) is 0 Å². The van der Waals surface area contributed by atoms with Gasteiger partial charge in [-0.1, -0.05) is 44.2 Å². The van der Waals surface area contributed by atoms with Crippen molar-refractivity contribution in [2.45, 2.75) is 45.3 Å². The third-order valence-electron chi connectivity index (χ3n) is 6.50. The second-order valence-corrected chi connectivity index (χ2v) is 8.67. The van der Waals surface area contributed by atoms with Gasteiger partial charge in [0.2, 0.25) is 0 Å². The van der Waals surface area contributed by atoms with Crippen LogP contribution in [0.2, 0.25) is 0 Å². The van der Waals surface area contributed by atoms with Crippen LogP contribution >= 0.6 is 0 Å². The highest BCUT2D eigenvalue weighted by Gasteiger charge is 2.56. The number of aldehydes is 2. The number of ether oxygens (including phenoxy) is 1. The molecule has 28 heavy (non-hydrogen) atoms. The summed E-state index contributed by atoms with van der Waals surface area (Å²) in [5.74, 6) is -2.09. The molecule has 0 heterocycles. The number of fused-ring (bicyclic) bond motifs is 1. The average Bonchev–Trinajstić information content (AvgIpc) is 2.68. The molecule has 2 aliphatic carbocycles. The summed E-state index contributed by atoms with van der Waals surface area (Å²) >= 11 is 0. The standard InChI is InChI=1S/C23H28O5/c1-23(2)11-10-19(28-20(27)9-8-15-6-4-3-5-7-15)21-17(14-25)16(13-24)12-18(26)22(21)23/h3-9,13-14,16-19,21-22,26H,10-12H2,1-2H3/b9-8+/t16?,17?,18-,19+,21?,22+/m0/s1. The van der Waals surface area contributed by atoms with E-state index in [0.717, 1.165) is 24.6 Å². The number of hydrogen-bond donors (Lipinski definition) is 1. The Morgan fingerprint density at radius 2 is 1.89 bits per heavy atom. The van der Waals surface area contributed by atoms with Crippen molar-refractivity contribution in [3.8, 4) is 0 Å². The summed E-state index contributed by atoms with van der Waals surface area (Å²) in [6.07, 6.45) is 5.14. The van der Waals surface area contributed by atoms with Crippen molar-refractivity contribution in [3.05, 3.63) is 42.0 Å². The highest BCUT2D eigenvalue weighted by Crippen LogP contribution is 2.54. The molecule has 6 atom stereocenters. The maximum atomic E-state index is 12.4. The van der Waals surface area contributed by atoms with Crippen molar-refractivity contribution in [1.29, 1.82) is 0 Å². The molecule has 0 saturated heterocycles. The van der Waals surface area contributed by atoms with Crippen LogP contribution in [-0.2, 0) is 19.1 Å². The van der Waals surface area contributed by atoms with E-state index in [2.05, 4.69) is 13.8 Å². The zero-order valence-electron chi connectivity index (χ0n) is 16.4. The molecule has 0 aliphatic heterocycles. The molecule has 5 heteroatoms. The predicted molar refractivity (Wildman–Crippen MR) is 105 cm³/mol. The largest absolute Gasteiger partial charge is 0.459 e. The number of benzene rings is 1. The van der Waals surface area contributed by atoms with Crippen molar-refractivity contribution in [2.24, 2.45) is 29.1 Å². The molecule has 2 saturated carbocycles. The van der Waals surface area contributed by atoms with E-state index >= 15 is 0 Å². The Labute approximate surface area is 165 Å². The van der Waals surface area contributed by atoms with Gasteiger partial charge in [0.05, 0.1) is 6.10 Å². The van der Waals surface area contributed by atoms with Crippen molar-refractivity contribution >= 4 is 24.6 Å². The average molecular weight is 384 g/mol. The van der Waals surface area contributed by atoms with Crippen LogP contribution in [0.25, 0.3) is 6.08 Å². The van der Waals surface area contributed by atoms with Gasteiger partial charge in [0, 0.05) is 23.8 Å². The first-order chi connectivity index (χ1) is 13.4.